The molecule has 0 unspecified atom stereocenters. The SMILES string of the molecule is CCOC(=O)c1c(NC(=O)c2cccs2)sc(C(=O)Nc2cccc(Cl)c2C)c1C. The minimum absolute atomic E-state index is 0.176. The lowest BCUT2D eigenvalue weighted by Gasteiger charge is -2.09. The maximum absolute atomic E-state index is 13.0. The fourth-order valence-corrected chi connectivity index (χ4v) is 4.64. The van der Waals surface area contributed by atoms with Gasteiger partial charge in [0.05, 0.1) is 21.9 Å². The summed E-state index contributed by atoms with van der Waals surface area (Å²) in [6.45, 7) is 5.33. The third-order valence-corrected chi connectivity index (χ3v) is 6.80. The number of ether oxygens (including phenoxy) is 1. The van der Waals surface area contributed by atoms with Gasteiger partial charge in [-0.05, 0) is 55.5 Å². The fourth-order valence-electron chi connectivity index (χ4n) is 2.76. The minimum atomic E-state index is -0.592. The molecule has 1 aromatic carbocycles. The molecule has 2 amide bonds. The maximum Gasteiger partial charge on any atom is 0.341 e. The zero-order valence-corrected chi connectivity index (χ0v) is 18.9. The summed E-state index contributed by atoms with van der Waals surface area (Å²) >= 11 is 8.44. The molecule has 156 valence electrons. The Balaban J connectivity index is 1.96. The quantitative estimate of drug-likeness (QED) is 0.456. The molecule has 3 rings (SSSR count). The summed E-state index contributed by atoms with van der Waals surface area (Å²) in [4.78, 5) is 38.8. The molecule has 0 saturated heterocycles. The van der Waals surface area contributed by atoms with Crippen molar-refractivity contribution >= 4 is 62.7 Å². The van der Waals surface area contributed by atoms with E-state index in [4.69, 9.17) is 16.3 Å². The van der Waals surface area contributed by atoms with Gasteiger partial charge in [-0.3, -0.25) is 9.59 Å². The van der Waals surface area contributed by atoms with Gasteiger partial charge in [-0.2, -0.15) is 0 Å². The number of esters is 1. The van der Waals surface area contributed by atoms with E-state index in [1.165, 1.54) is 11.3 Å². The van der Waals surface area contributed by atoms with Crippen molar-refractivity contribution in [3.8, 4) is 0 Å². The maximum atomic E-state index is 13.0. The van der Waals surface area contributed by atoms with E-state index in [1.54, 1.807) is 56.5 Å². The number of hydrogen-bond acceptors (Lipinski definition) is 6. The smallest absolute Gasteiger partial charge is 0.341 e. The van der Waals surface area contributed by atoms with Crippen LogP contribution in [0.15, 0.2) is 35.7 Å². The van der Waals surface area contributed by atoms with Gasteiger partial charge in [0, 0.05) is 10.7 Å². The predicted octanol–water partition coefficient (Wildman–Crippen LogP) is 5.76. The minimum Gasteiger partial charge on any atom is -0.462 e. The highest BCUT2D eigenvalue weighted by Crippen LogP contribution is 2.35. The Hall–Kier alpha value is -2.68. The van der Waals surface area contributed by atoms with Crippen molar-refractivity contribution in [2.24, 2.45) is 0 Å². The zero-order chi connectivity index (χ0) is 21.8. The number of halogens is 1. The molecule has 0 saturated carbocycles. The van der Waals surface area contributed by atoms with E-state index in [1.807, 2.05) is 0 Å². The number of benzene rings is 1. The molecule has 0 fully saturated rings. The van der Waals surface area contributed by atoms with Gasteiger partial charge in [-0.15, -0.1) is 22.7 Å². The molecule has 2 aromatic heterocycles. The zero-order valence-electron chi connectivity index (χ0n) is 16.5. The number of nitrogens with one attached hydrogen (secondary N) is 2. The first kappa shape index (κ1) is 22.0. The average Bonchev–Trinajstić information content (AvgIpc) is 3.34. The first-order chi connectivity index (χ1) is 14.3. The monoisotopic (exact) mass is 462 g/mol. The van der Waals surface area contributed by atoms with Crippen LogP contribution in [0.1, 0.15) is 47.8 Å². The van der Waals surface area contributed by atoms with E-state index in [2.05, 4.69) is 10.6 Å². The highest BCUT2D eigenvalue weighted by Gasteiger charge is 2.27. The van der Waals surface area contributed by atoms with Gasteiger partial charge in [0.2, 0.25) is 0 Å². The van der Waals surface area contributed by atoms with Gasteiger partial charge >= 0.3 is 5.97 Å². The number of anilines is 2. The molecular formula is C21H19ClN2O4S2. The lowest BCUT2D eigenvalue weighted by Crippen LogP contribution is -2.14. The van der Waals surface area contributed by atoms with Gasteiger partial charge in [0.15, 0.2) is 0 Å². The molecule has 0 spiro atoms. The normalized spacial score (nSPS) is 10.5. The first-order valence-corrected chi connectivity index (χ1v) is 11.1. The van der Waals surface area contributed by atoms with Gasteiger partial charge in [-0.25, -0.2) is 4.79 Å². The van der Waals surface area contributed by atoms with E-state index in [0.717, 1.165) is 16.9 Å². The Bertz CT molecular complexity index is 1110. The molecule has 0 atom stereocenters. The van der Waals surface area contributed by atoms with E-state index in [-0.39, 0.29) is 23.1 Å². The largest absolute Gasteiger partial charge is 0.462 e. The molecule has 0 aliphatic heterocycles. The van der Waals surface area contributed by atoms with Gasteiger partial charge in [-0.1, -0.05) is 23.7 Å². The van der Waals surface area contributed by atoms with Gasteiger partial charge in [0.1, 0.15) is 5.00 Å². The third-order valence-electron chi connectivity index (χ3n) is 4.32. The Kier molecular flexibility index (Phi) is 6.91. The highest BCUT2D eigenvalue weighted by molar-refractivity contribution is 7.19. The van der Waals surface area contributed by atoms with Crippen LogP contribution in [0.25, 0.3) is 0 Å². The molecule has 2 N–H and O–H groups in total. The van der Waals surface area contributed by atoms with Gasteiger partial charge < -0.3 is 15.4 Å². The summed E-state index contributed by atoms with van der Waals surface area (Å²) < 4.78 is 5.14. The number of carbonyl (C=O) groups excluding carboxylic acids is 3. The van der Waals surface area contributed by atoms with E-state index >= 15 is 0 Å². The molecule has 6 nitrogen and oxygen atoms in total. The molecule has 9 heteroatoms. The van der Waals surface area contributed by atoms with Crippen molar-refractivity contribution in [3.63, 3.8) is 0 Å². The van der Waals surface area contributed by atoms with Gasteiger partial charge in [0.25, 0.3) is 11.8 Å². The predicted molar refractivity (Wildman–Crippen MR) is 121 cm³/mol. The summed E-state index contributed by atoms with van der Waals surface area (Å²) in [5.41, 5.74) is 1.93. The van der Waals surface area contributed by atoms with Crippen LogP contribution in [0.3, 0.4) is 0 Å². The Morgan fingerprint density at radius 3 is 2.47 bits per heavy atom. The number of amides is 2. The number of carbonyl (C=O) groups is 3. The van der Waals surface area contributed by atoms with Crippen LogP contribution < -0.4 is 10.6 Å². The molecular weight excluding hydrogens is 444 g/mol. The van der Waals surface area contributed by atoms with Crippen molar-refractivity contribution < 1.29 is 19.1 Å². The summed E-state index contributed by atoms with van der Waals surface area (Å²) in [6, 6.07) is 8.66. The second-order valence-electron chi connectivity index (χ2n) is 6.28. The molecule has 3 aromatic rings. The second-order valence-corrected chi connectivity index (χ2v) is 8.65. The summed E-state index contributed by atoms with van der Waals surface area (Å²) in [5, 5.41) is 8.16. The van der Waals surface area contributed by atoms with Crippen LogP contribution in [0.2, 0.25) is 5.02 Å². The summed E-state index contributed by atoms with van der Waals surface area (Å²) in [6.07, 6.45) is 0. The van der Waals surface area contributed by atoms with Crippen molar-refractivity contribution in [1.29, 1.82) is 0 Å². The number of rotatable bonds is 6. The summed E-state index contributed by atoms with van der Waals surface area (Å²) in [5.74, 6) is -1.34. The topological polar surface area (TPSA) is 84.5 Å². The number of thiophene rings is 2. The van der Waals surface area contributed by atoms with Crippen LogP contribution in [0, 0.1) is 13.8 Å². The molecule has 0 aliphatic rings. The van der Waals surface area contributed by atoms with Crippen LogP contribution in [0.5, 0.6) is 0 Å². The van der Waals surface area contributed by atoms with Crippen molar-refractivity contribution in [2.75, 3.05) is 17.2 Å². The van der Waals surface area contributed by atoms with E-state index in [0.29, 0.717) is 26.0 Å². The Labute approximate surface area is 186 Å². The van der Waals surface area contributed by atoms with Crippen molar-refractivity contribution in [1.82, 2.24) is 0 Å². The average molecular weight is 463 g/mol. The van der Waals surface area contributed by atoms with E-state index < -0.39 is 11.9 Å². The first-order valence-electron chi connectivity index (χ1n) is 9.05. The van der Waals surface area contributed by atoms with E-state index in [9.17, 15) is 14.4 Å². The summed E-state index contributed by atoms with van der Waals surface area (Å²) in [7, 11) is 0. The molecule has 0 radical (unpaired) electrons. The van der Waals surface area contributed by atoms with Crippen molar-refractivity contribution in [2.45, 2.75) is 20.8 Å². The van der Waals surface area contributed by atoms with Crippen LogP contribution in [0.4, 0.5) is 10.7 Å². The lowest BCUT2D eigenvalue weighted by molar-refractivity contribution is 0.0527. The third kappa shape index (κ3) is 4.56. The Morgan fingerprint density at radius 2 is 1.80 bits per heavy atom. The van der Waals surface area contributed by atoms with Crippen molar-refractivity contribution in [3.05, 3.63) is 67.2 Å². The highest BCUT2D eigenvalue weighted by atomic mass is 35.5. The molecule has 0 bridgehead atoms. The van der Waals surface area contributed by atoms with Crippen LogP contribution in [-0.4, -0.2) is 24.4 Å². The molecule has 2 heterocycles. The fraction of sp³-hybridized carbons (Fsp3) is 0.190. The molecule has 0 aliphatic carbocycles. The molecule has 30 heavy (non-hydrogen) atoms. The van der Waals surface area contributed by atoms with Crippen LogP contribution >= 0.6 is 34.3 Å². The Morgan fingerprint density at radius 1 is 1.03 bits per heavy atom. The standard InChI is InChI=1S/C21H19ClN2O4S2/c1-4-28-21(27)16-12(3)17(19(26)23-14-8-5-7-13(22)11(14)2)30-20(16)24-18(25)15-9-6-10-29-15/h5-10H,4H2,1-3H3,(H,23,26)(H,24,25). The number of hydrogen-bond donors (Lipinski definition) is 2. The second kappa shape index (κ2) is 9.42. The van der Waals surface area contributed by atoms with Crippen LogP contribution in [-0.2, 0) is 4.74 Å². The lowest BCUT2D eigenvalue weighted by atomic mass is 10.1.